The summed E-state index contributed by atoms with van der Waals surface area (Å²) in [6.45, 7) is 2.60. The van der Waals surface area contributed by atoms with Crippen molar-refractivity contribution in [3.8, 4) is 0 Å². The first-order valence-corrected chi connectivity index (χ1v) is 8.62. The van der Waals surface area contributed by atoms with Crippen LogP contribution in [-0.4, -0.2) is 58.5 Å². The first-order chi connectivity index (χ1) is 12.8. The molecule has 140 valence electrons. The number of rotatable bonds is 1. The van der Waals surface area contributed by atoms with Crippen molar-refractivity contribution in [3.05, 3.63) is 51.8 Å². The van der Waals surface area contributed by atoms with Crippen molar-refractivity contribution in [3.63, 3.8) is 0 Å². The zero-order chi connectivity index (χ0) is 19.3. The Morgan fingerprint density at radius 1 is 1.04 bits per heavy atom. The van der Waals surface area contributed by atoms with Crippen LogP contribution in [0.5, 0.6) is 0 Å². The van der Waals surface area contributed by atoms with E-state index in [0.29, 0.717) is 24.1 Å². The highest BCUT2D eigenvalue weighted by Crippen LogP contribution is 2.21. The largest absolute Gasteiger partial charge is 0.336 e. The molecule has 3 heterocycles. The monoisotopic (exact) mass is 372 g/mol. The summed E-state index contributed by atoms with van der Waals surface area (Å²) < 4.78 is 28.6. The summed E-state index contributed by atoms with van der Waals surface area (Å²) in [7, 11) is 3.65. The van der Waals surface area contributed by atoms with Gasteiger partial charge in [0.15, 0.2) is 11.6 Å². The first-order valence-electron chi connectivity index (χ1n) is 8.62. The zero-order valence-corrected chi connectivity index (χ0v) is 15.0. The Kier molecular flexibility index (Phi) is 4.15. The van der Waals surface area contributed by atoms with Gasteiger partial charge in [0.1, 0.15) is 11.2 Å². The predicted molar refractivity (Wildman–Crippen MR) is 97.8 cm³/mol. The highest BCUT2D eigenvalue weighted by atomic mass is 19.2. The van der Waals surface area contributed by atoms with Gasteiger partial charge in [0, 0.05) is 50.9 Å². The second-order valence-electron chi connectivity index (χ2n) is 6.90. The number of likely N-dealkylation sites (N-methyl/N-ethyl adjacent to an activating group) is 1. The van der Waals surface area contributed by atoms with Crippen LogP contribution in [0.1, 0.15) is 10.4 Å². The number of carbonyl (C=O) groups excluding carboxylic acids is 1. The summed E-state index contributed by atoms with van der Waals surface area (Å²) in [5.41, 5.74) is 0.160. The van der Waals surface area contributed by atoms with Crippen LogP contribution >= 0.6 is 0 Å². The number of aryl methyl sites for hydroxylation is 1. The summed E-state index contributed by atoms with van der Waals surface area (Å²) in [6.07, 6.45) is 1.46. The van der Waals surface area contributed by atoms with E-state index in [1.807, 2.05) is 7.05 Å². The standard InChI is InChI=1S/C19H18F2N4O2/c1-23-3-5-25(6-4-23)19(27)13-10-24(2)18-12(17(13)26)7-11-8-14(20)15(21)9-16(11)22-18/h7-10H,3-6H2,1-2H3. The SMILES string of the molecule is CN1CCN(C(=O)c2cn(C)c3nc4cc(F)c(F)cc4cc3c2=O)CC1. The summed E-state index contributed by atoms with van der Waals surface area (Å²) in [5.74, 6) is -2.33. The molecule has 27 heavy (non-hydrogen) atoms. The smallest absolute Gasteiger partial charge is 0.259 e. The molecule has 1 aliphatic heterocycles. The van der Waals surface area contributed by atoms with E-state index >= 15 is 0 Å². The van der Waals surface area contributed by atoms with E-state index in [0.717, 1.165) is 25.2 Å². The number of piperazine rings is 1. The number of fused-ring (bicyclic) bond motifs is 2. The molecule has 1 fully saturated rings. The minimum atomic E-state index is -1.01. The fourth-order valence-corrected chi connectivity index (χ4v) is 3.39. The lowest BCUT2D eigenvalue weighted by Crippen LogP contribution is -2.48. The fourth-order valence-electron chi connectivity index (χ4n) is 3.39. The van der Waals surface area contributed by atoms with E-state index in [9.17, 15) is 18.4 Å². The molecule has 0 saturated carbocycles. The number of pyridine rings is 2. The van der Waals surface area contributed by atoms with Gasteiger partial charge in [-0.2, -0.15) is 0 Å². The van der Waals surface area contributed by atoms with Gasteiger partial charge in [0.2, 0.25) is 5.43 Å². The number of aromatic nitrogens is 2. The molecule has 0 unspecified atom stereocenters. The molecule has 1 aromatic carbocycles. The van der Waals surface area contributed by atoms with Crippen LogP contribution in [-0.2, 0) is 7.05 Å². The minimum absolute atomic E-state index is 0.0540. The third-order valence-electron chi connectivity index (χ3n) is 5.00. The lowest BCUT2D eigenvalue weighted by Gasteiger charge is -2.32. The van der Waals surface area contributed by atoms with Crippen molar-refractivity contribution >= 4 is 27.8 Å². The molecule has 1 saturated heterocycles. The average Bonchev–Trinajstić information content (AvgIpc) is 2.65. The number of benzene rings is 1. The molecule has 1 amide bonds. The summed E-state index contributed by atoms with van der Waals surface area (Å²) >= 11 is 0. The fraction of sp³-hybridized carbons (Fsp3) is 0.316. The molecule has 8 heteroatoms. The van der Waals surface area contributed by atoms with Crippen LogP contribution in [0.4, 0.5) is 8.78 Å². The number of hydrogen-bond donors (Lipinski definition) is 0. The van der Waals surface area contributed by atoms with Crippen molar-refractivity contribution in [1.82, 2.24) is 19.4 Å². The van der Waals surface area contributed by atoms with Gasteiger partial charge in [0.25, 0.3) is 5.91 Å². The van der Waals surface area contributed by atoms with Crippen LogP contribution < -0.4 is 5.43 Å². The summed E-state index contributed by atoms with van der Waals surface area (Å²) in [6, 6.07) is 3.46. The Labute approximate surface area is 153 Å². The van der Waals surface area contributed by atoms with Crippen LogP contribution in [0.25, 0.3) is 21.9 Å². The number of carbonyl (C=O) groups is 1. The van der Waals surface area contributed by atoms with E-state index in [1.165, 1.54) is 12.3 Å². The van der Waals surface area contributed by atoms with E-state index in [-0.39, 0.29) is 22.4 Å². The normalized spacial score (nSPS) is 15.6. The van der Waals surface area contributed by atoms with Gasteiger partial charge in [-0.3, -0.25) is 9.59 Å². The van der Waals surface area contributed by atoms with E-state index in [1.54, 1.807) is 16.5 Å². The number of hydrogen-bond acceptors (Lipinski definition) is 4. The van der Waals surface area contributed by atoms with Crippen molar-refractivity contribution < 1.29 is 13.6 Å². The number of nitrogens with zero attached hydrogens (tertiary/aromatic N) is 4. The minimum Gasteiger partial charge on any atom is -0.336 e. The lowest BCUT2D eigenvalue weighted by atomic mass is 10.1. The molecule has 6 nitrogen and oxygen atoms in total. The van der Waals surface area contributed by atoms with Gasteiger partial charge >= 0.3 is 0 Å². The maximum atomic E-state index is 13.6. The maximum absolute atomic E-state index is 13.6. The van der Waals surface area contributed by atoms with Crippen LogP contribution in [0, 0.1) is 11.6 Å². The Hall–Kier alpha value is -2.87. The van der Waals surface area contributed by atoms with Crippen LogP contribution in [0.15, 0.2) is 29.2 Å². The maximum Gasteiger partial charge on any atom is 0.259 e. The second-order valence-corrected chi connectivity index (χ2v) is 6.90. The highest BCUT2D eigenvalue weighted by molar-refractivity contribution is 5.99. The lowest BCUT2D eigenvalue weighted by molar-refractivity contribution is 0.0662. The van der Waals surface area contributed by atoms with Crippen LogP contribution in [0.2, 0.25) is 0 Å². The summed E-state index contributed by atoms with van der Waals surface area (Å²) in [4.78, 5) is 33.9. The molecular weight excluding hydrogens is 354 g/mol. The quantitative estimate of drug-likeness (QED) is 0.611. The Morgan fingerprint density at radius 2 is 1.70 bits per heavy atom. The van der Waals surface area contributed by atoms with Crippen LogP contribution in [0.3, 0.4) is 0 Å². The molecule has 0 spiro atoms. The molecule has 0 N–H and O–H groups in total. The summed E-state index contributed by atoms with van der Waals surface area (Å²) in [5, 5.41) is 0.513. The molecule has 1 aliphatic rings. The Balaban J connectivity index is 1.87. The van der Waals surface area contributed by atoms with E-state index < -0.39 is 17.1 Å². The van der Waals surface area contributed by atoms with Crippen molar-refractivity contribution in [2.75, 3.05) is 33.2 Å². The van der Waals surface area contributed by atoms with E-state index in [2.05, 4.69) is 9.88 Å². The second kappa shape index (κ2) is 6.38. The molecule has 0 atom stereocenters. The molecule has 0 radical (unpaired) electrons. The van der Waals surface area contributed by atoms with Gasteiger partial charge in [-0.05, 0) is 19.2 Å². The molecule has 3 aromatic rings. The van der Waals surface area contributed by atoms with Crippen molar-refractivity contribution in [2.24, 2.45) is 7.05 Å². The third-order valence-corrected chi connectivity index (χ3v) is 5.00. The molecular formula is C19H18F2N4O2. The molecule has 2 aromatic heterocycles. The van der Waals surface area contributed by atoms with Gasteiger partial charge < -0.3 is 14.4 Å². The first kappa shape index (κ1) is 17.5. The highest BCUT2D eigenvalue weighted by Gasteiger charge is 2.24. The molecule has 0 bridgehead atoms. The zero-order valence-electron chi connectivity index (χ0n) is 15.0. The third kappa shape index (κ3) is 2.95. The Morgan fingerprint density at radius 3 is 2.41 bits per heavy atom. The topological polar surface area (TPSA) is 58.4 Å². The molecule has 0 aliphatic carbocycles. The van der Waals surface area contributed by atoms with Gasteiger partial charge in [-0.1, -0.05) is 0 Å². The van der Waals surface area contributed by atoms with Gasteiger partial charge in [0.05, 0.1) is 10.9 Å². The molecule has 4 rings (SSSR count). The van der Waals surface area contributed by atoms with Crippen molar-refractivity contribution in [1.29, 1.82) is 0 Å². The van der Waals surface area contributed by atoms with E-state index in [4.69, 9.17) is 0 Å². The Bertz CT molecular complexity index is 1130. The predicted octanol–water partition coefficient (Wildman–Crippen LogP) is 1.75. The average molecular weight is 372 g/mol. The number of amides is 1. The number of halogens is 2. The van der Waals surface area contributed by atoms with Gasteiger partial charge in [-0.25, -0.2) is 13.8 Å². The van der Waals surface area contributed by atoms with Gasteiger partial charge in [-0.15, -0.1) is 0 Å². The van der Waals surface area contributed by atoms with Crippen molar-refractivity contribution in [2.45, 2.75) is 0 Å².